The maximum absolute atomic E-state index is 11.2. The highest BCUT2D eigenvalue weighted by Crippen LogP contribution is 2.35. The van der Waals surface area contributed by atoms with Gasteiger partial charge in [0.25, 0.3) is 0 Å². The average molecular weight is 385 g/mol. The summed E-state index contributed by atoms with van der Waals surface area (Å²) >= 11 is 1.56. The van der Waals surface area contributed by atoms with E-state index in [1.54, 1.807) is 11.8 Å². The van der Waals surface area contributed by atoms with Gasteiger partial charge in [-0.15, -0.1) is 10.2 Å². The quantitative estimate of drug-likeness (QED) is 0.488. The Morgan fingerprint density at radius 2 is 1.54 bits per heavy atom. The Hall–Kier alpha value is -3.18. The number of aryl methyl sites for hydroxylation is 1. The summed E-state index contributed by atoms with van der Waals surface area (Å²) in [6.07, 6.45) is 0. The van der Waals surface area contributed by atoms with Crippen LogP contribution in [0.3, 0.4) is 0 Å². The molecule has 0 spiro atoms. The molecular weight excluding hydrogens is 366 g/mol. The molecule has 1 N–H and O–H groups in total. The summed E-state index contributed by atoms with van der Waals surface area (Å²) < 4.78 is 0. The minimum atomic E-state index is -0.0797. The third kappa shape index (κ3) is 3.89. The van der Waals surface area contributed by atoms with Gasteiger partial charge in [-0.25, -0.2) is 0 Å². The van der Waals surface area contributed by atoms with Gasteiger partial charge in [-0.1, -0.05) is 65.9 Å². The molecule has 0 fully saturated rings. The summed E-state index contributed by atoms with van der Waals surface area (Å²) in [5.74, 6) is -0.0797. The van der Waals surface area contributed by atoms with Gasteiger partial charge in [0.2, 0.25) is 5.91 Å². The van der Waals surface area contributed by atoms with E-state index in [4.69, 9.17) is 0 Å². The van der Waals surface area contributed by atoms with Crippen LogP contribution in [0.1, 0.15) is 12.5 Å². The number of amides is 1. The highest BCUT2D eigenvalue weighted by atomic mass is 32.2. The molecule has 0 saturated carbocycles. The molecule has 138 valence electrons. The van der Waals surface area contributed by atoms with Crippen LogP contribution in [0.5, 0.6) is 0 Å². The van der Waals surface area contributed by atoms with E-state index in [-0.39, 0.29) is 5.91 Å². The van der Waals surface area contributed by atoms with Crippen molar-refractivity contribution >= 4 is 34.1 Å². The normalized spacial score (nSPS) is 10.8. The Morgan fingerprint density at radius 3 is 2.21 bits per heavy atom. The largest absolute Gasteiger partial charge is 0.326 e. The van der Waals surface area contributed by atoms with Gasteiger partial charge in [0, 0.05) is 33.8 Å². The van der Waals surface area contributed by atoms with Crippen LogP contribution < -0.4 is 5.32 Å². The van der Waals surface area contributed by atoms with Gasteiger partial charge in [-0.05, 0) is 31.2 Å². The van der Waals surface area contributed by atoms with Crippen LogP contribution in [-0.2, 0) is 4.79 Å². The lowest BCUT2D eigenvalue weighted by molar-refractivity contribution is -0.114. The standard InChI is InChI=1S/C23H19N3OS/c1-15-7-9-17(10-8-15)22-20-5-3-4-6-21(20)23(26-25-22)28-19-13-11-18(12-14-19)24-16(2)27/h3-14H,1-2H3,(H,24,27). The van der Waals surface area contributed by atoms with Crippen molar-refractivity contribution in [2.45, 2.75) is 23.8 Å². The fraction of sp³-hybridized carbons (Fsp3) is 0.0870. The van der Waals surface area contributed by atoms with Crippen LogP contribution in [0.2, 0.25) is 0 Å². The first-order valence-electron chi connectivity index (χ1n) is 8.98. The molecule has 0 radical (unpaired) electrons. The smallest absolute Gasteiger partial charge is 0.221 e. The molecule has 0 aliphatic rings. The average Bonchev–Trinajstić information content (AvgIpc) is 2.70. The number of benzene rings is 3. The summed E-state index contributed by atoms with van der Waals surface area (Å²) in [4.78, 5) is 12.2. The first-order chi connectivity index (χ1) is 13.6. The highest BCUT2D eigenvalue weighted by molar-refractivity contribution is 7.99. The van der Waals surface area contributed by atoms with Crippen LogP contribution in [0.25, 0.3) is 22.0 Å². The van der Waals surface area contributed by atoms with Crippen LogP contribution in [0, 0.1) is 6.92 Å². The number of fused-ring (bicyclic) bond motifs is 1. The van der Waals surface area contributed by atoms with E-state index in [9.17, 15) is 4.79 Å². The highest BCUT2D eigenvalue weighted by Gasteiger charge is 2.12. The number of hydrogen-bond acceptors (Lipinski definition) is 4. The Labute approximate surface area is 168 Å². The van der Waals surface area contributed by atoms with Gasteiger partial charge in [0.05, 0.1) is 0 Å². The zero-order chi connectivity index (χ0) is 19.5. The van der Waals surface area contributed by atoms with Crippen LogP contribution in [0.4, 0.5) is 5.69 Å². The predicted molar refractivity (Wildman–Crippen MR) is 115 cm³/mol. The number of hydrogen-bond donors (Lipinski definition) is 1. The molecule has 0 unspecified atom stereocenters. The number of carbonyl (C=O) groups is 1. The SMILES string of the molecule is CC(=O)Nc1ccc(Sc2nnc(-c3ccc(C)cc3)c3ccccc23)cc1. The van der Waals surface area contributed by atoms with E-state index >= 15 is 0 Å². The molecule has 1 heterocycles. The maximum atomic E-state index is 11.2. The lowest BCUT2D eigenvalue weighted by Crippen LogP contribution is -2.05. The third-order valence-electron chi connectivity index (χ3n) is 4.37. The van der Waals surface area contributed by atoms with Crippen molar-refractivity contribution in [1.29, 1.82) is 0 Å². The van der Waals surface area contributed by atoms with Crippen LogP contribution >= 0.6 is 11.8 Å². The summed E-state index contributed by atoms with van der Waals surface area (Å²) in [7, 11) is 0. The lowest BCUT2D eigenvalue weighted by Gasteiger charge is -2.10. The van der Waals surface area contributed by atoms with E-state index < -0.39 is 0 Å². The van der Waals surface area contributed by atoms with Crippen molar-refractivity contribution in [2.24, 2.45) is 0 Å². The first-order valence-corrected chi connectivity index (χ1v) is 9.80. The first kappa shape index (κ1) is 18.2. The van der Waals surface area contributed by atoms with Crippen molar-refractivity contribution in [3.63, 3.8) is 0 Å². The summed E-state index contributed by atoms with van der Waals surface area (Å²) in [6, 6.07) is 24.3. The fourth-order valence-electron chi connectivity index (χ4n) is 3.00. The minimum absolute atomic E-state index is 0.0797. The topological polar surface area (TPSA) is 54.9 Å². The second kappa shape index (κ2) is 7.82. The van der Waals surface area contributed by atoms with Crippen molar-refractivity contribution in [2.75, 3.05) is 5.32 Å². The van der Waals surface area contributed by atoms with Gasteiger partial charge >= 0.3 is 0 Å². The van der Waals surface area contributed by atoms with Gasteiger partial charge < -0.3 is 5.32 Å². The molecule has 3 aromatic carbocycles. The molecule has 0 saturated heterocycles. The monoisotopic (exact) mass is 385 g/mol. The van der Waals surface area contributed by atoms with E-state index in [1.165, 1.54) is 12.5 Å². The van der Waals surface area contributed by atoms with Crippen molar-refractivity contribution in [3.05, 3.63) is 78.4 Å². The second-order valence-corrected chi connectivity index (χ2v) is 7.64. The van der Waals surface area contributed by atoms with Crippen molar-refractivity contribution < 1.29 is 4.79 Å². The van der Waals surface area contributed by atoms with Crippen LogP contribution in [0.15, 0.2) is 82.7 Å². The van der Waals surface area contributed by atoms with Crippen molar-refractivity contribution in [3.8, 4) is 11.3 Å². The van der Waals surface area contributed by atoms with Gasteiger partial charge in [0.15, 0.2) is 0 Å². The minimum Gasteiger partial charge on any atom is -0.326 e. The summed E-state index contributed by atoms with van der Waals surface area (Å²) in [5.41, 5.74) is 3.95. The molecule has 0 bridgehead atoms. The van der Waals surface area contributed by atoms with E-state index in [2.05, 4.69) is 58.8 Å². The summed E-state index contributed by atoms with van der Waals surface area (Å²) in [6.45, 7) is 3.57. The molecule has 1 aromatic heterocycles. The molecule has 5 heteroatoms. The molecule has 4 nitrogen and oxygen atoms in total. The summed E-state index contributed by atoms with van der Waals surface area (Å²) in [5, 5.41) is 14.8. The number of anilines is 1. The van der Waals surface area contributed by atoms with Crippen molar-refractivity contribution in [1.82, 2.24) is 10.2 Å². The molecule has 4 rings (SSSR count). The molecule has 0 atom stereocenters. The van der Waals surface area contributed by atoms with E-state index in [1.807, 2.05) is 36.4 Å². The molecule has 28 heavy (non-hydrogen) atoms. The number of aromatic nitrogens is 2. The zero-order valence-electron chi connectivity index (χ0n) is 15.6. The van der Waals surface area contributed by atoms with Crippen LogP contribution in [-0.4, -0.2) is 16.1 Å². The third-order valence-corrected chi connectivity index (χ3v) is 5.37. The van der Waals surface area contributed by atoms with Gasteiger partial charge in [-0.2, -0.15) is 0 Å². The number of rotatable bonds is 4. The van der Waals surface area contributed by atoms with E-state index in [0.717, 1.165) is 37.6 Å². The molecule has 4 aromatic rings. The maximum Gasteiger partial charge on any atom is 0.221 e. The Kier molecular flexibility index (Phi) is 5.08. The number of nitrogens with one attached hydrogen (secondary N) is 1. The Bertz CT molecular complexity index is 1140. The molecule has 1 amide bonds. The molecular formula is C23H19N3OS. The number of carbonyl (C=O) groups excluding carboxylic acids is 1. The predicted octanol–water partition coefficient (Wildman–Crippen LogP) is 5.71. The zero-order valence-corrected chi connectivity index (χ0v) is 16.5. The van der Waals surface area contributed by atoms with E-state index in [0.29, 0.717) is 0 Å². The molecule has 0 aliphatic carbocycles. The Balaban J connectivity index is 1.70. The van der Waals surface area contributed by atoms with Gasteiger partial charge in [0.1, 0.15) is 10.7 Å². The molecule has 0 aliphatic heterocycles. The fourth-order valence-corrected chi connectivity index (χ4v) is 3.87. The Morgan fingerprint density at radius 1 is 0.857 bits per heavy atom. The van der Waals surface area contributed by atoms with Gasteiger partial charge in [-0.3, -0.25) is 4.79 Å². The second-order valence-electron chi connectivity index (χ2n) is 6.57. The lowest BCUT2D eigenvalue weighted by atomic mass is 10.0. The number of nitrogens with zero attached hydrogens (tertiary/aromatic N) is 2.